The molecule has 100 valence electrons. The van der Waals surface area contributed by atoms with E-state index in [0.717, 1.165) is 13.0 Å². The normalized spacial score (nSPS) is 25.2. The maximum absolute atomic E-state index is 11.8. The van der Waals surface area contributed by atoms with Crippen molar-refractivity contribution in [3.63, 3.8) is 0 Å². The van der Waals surface area contributed by atoms with Crippen LogP contribution in [0.4, 0.5) is 0 Å². The van der Waals surface area contributed by atoms with Crippen LogP contribution in [0.2, 0.25) is 0 Å². The van der Waals surface area contributed by atoms with Gasteiger partial charge in [0.25, 0.3) is 0 Å². The number of carbonyl (C=O) groups is 1. The topological polar surface area (TPSA) is 75.3 Å². The zero-order valence-corrected chi connectivity index (χ0v) is 11.3. The van der Waals surface area contributed by atoms with Crippen molar-refractivity contribution in [2.75, 3.05) is 25.9 Å². The van der Waals surface area contributed by atoms with Crippen LogP contribution in [-0.4, -0.2) is 45.5 Å². The molecule has 0 aromatic rings. The summed E-state index contributed by atoms with van der Waals surface area (Å²) in [7, 11) is -1.36. The highest BCUT2D eigenvalue weighted by Crippen LogP contribution is 2.19. The minimum absolute atomic E-state index is 0.150. The van der Waals surface area contributed by atoms with Gasteiger partial charge in [0.15, 0.2) is 9.84 Å². The Labute approximate surface area is 103 Å². The van der Waals surface area contributed by atoms with Crippen LogP contribution in [0.3, 0.4) is 0 Å². The number of rotatable bonds is 5. The van der Waals surface area contributed by atoms with E-state index >= 15 is 0 Å². The van der Waals surface area contributed by atoms with Gasteiger partial charge in [0.05, 0.1) is 5.75 Å². The number of amides is 1. The Hall–Kier alpha value is -0.620. The summed E-state index contributed by atoms with van der Waals surface area (Å²) in [6.45, 7) is 3.33. The third-order valence-corrected chi connectivity index (χ3v) is 5.22. The molecule has 1 heterocycles. The van der Waals surface area contributed by atoms with Crippen LogP contribution in [0.25, 0.3) is 0 Å². The summed E-state index contributed by atoms with van der Waals surface area (Å²) in [5.74, 6) is 0.125. The quantitative estimate of drug-likeness (QED) is 0.727. The molecule has 0 aliphatic carbocycles. The molecule has 2 atom stereocenters. The average Bonchev–Trinajstić information content (AvgIpc) is 2.26. The zero-order valence-electron chi connectivity index (χ0n) is 10.5. The summed E-state index contributed by atoms with van der Waals surface area (Å²) in [5, 5.41) is 4.93. The van der Waals surface area contributed by atoms with Gasteiger partial charge >= 0.3 is 0 Å². The van der Waals surface area contributed by atoms with Crippen LogP contribution in [0.1, 0.15) is 26.2 Å². The van der Waals surface area contributed by atoms with E-state index in [1.165, 1.54) is 0 Å². The maximum Gasteiger partial charge on any atom is 0.238 e. The highest BCUT2D eigenvalue weighted by molar-refractivity contribution is 7.92. The van der Waals surface area contributed by atoms with Crippen LogP contribution < -0.4 is 10.6 Å². The molecule has 1 aliphatic heterocycles. The van der Waals surface area contributed by atoms with E-state index in [4.69, 9.17) is 0 Å². The summed E-state index contributed by atoms with van der Waals surface area (Å²) < 4.78 is 23.4. The van der Waals surface area contributed by atoms with Gasteiger partial charge in [-0.2, -0.15) is 0 Å². The van der Waals surface area contributed by atoms with E-state index in [-0.39, 0.29) is 11.7 Å². The Kier molecular flexibility index (Phi) is 5.39. The molecule has 0 aromatic heterocycles. The van der Waals surface area contributed by atoms with Gasteiger partial charge in [0, 0.05) is 6.54 Å². The highest BCUT2D eigenvalue weighted by Gasteiger charge is 2.34. The Morgan fingerprint density at radius 3 is 2.65 bits per heavy atom. The first-order valence-corrected chi connectivity index (χ1v) is 7.83. The summed E-state index contributed by atoms with van der Waals surface area (Å²) in [6, 6.07) is 0. The minimum Gasteiger partial charge on any atom is -0.355 e. The van der Waals surface area contributed by atoms with E-state index in [2.05, 4.69) is 10.6 Å². The van der Waals surface area contributed by atoms with Crippen LogP contribution >= 0.6 is 0 Å². The van der Waals surface area contributed by atoms with Crippen molar-refractivity contribution in [3.05, 3.63) is 0 Å². The Bertz CT molecular complexity index is 354. The van der Waals surface area contributed by atoms with Gasteiger partial charge in [-0.05, 0) is 32.4 Å². The van der Waals surface area contributed by atoms with E-state index < -0.39 is 15.1 Å². The first-order chi connectivity index (χ1) is 7.97. The number of hydrogen-bond donors (Lipinski definition) is 2. The molecule has 0 bridgehead atoms. The second-order valence-corrected chi connectivity index (χ2v) is 7.06. The van der Waals surface area contributed by atoms with E-state index in [0.29, 0.717) is 25.3 Å². The van der Waals surface area contributed by atoms with Gasteiger partial charge in [-0.1, -0.05) is 13.3 Å². The fourth-order valence-electron chi connectivity index (χ4n) is 2.06. The third-order valence-electron chi connectivity index (χ3n) is 3.05. The molecule has 0 spiro atoms. The second kappa shape index (κ2) is 6.35. The van der Waals surface area contributed by atoms with Crippen LogP contribution in [-0.2, 0) is 14.6 Å². The first-order valence-electron chi connectivity index (χ1n) is 6.11. The predicted octanol–water partition coefficient (Wildman–Crippen LogP) is -0.0746. The molecule has 2 N–H and O–H groups in total. The van der Waals surface area contributed by atoms with Gasteiger partial charge in [-0.25, -0.2) is 8.42 Å². The van der Waals surface area contributed by atoms with Crippen molar-refractivity contribution in [1.82, 2.24) is 10.6 Å². The van der Waals surface area contributed by atoms with E-state index in [1.807, 2.05) is 14.0 Å². The fraction of sp³-hybridized carbons (Fsp3) is 0.909. The molecular weight excluding hydrogens is 240 g/mol. The molecular formula is C11H22N2O3S. The number of hydrogen-bond acceptors (Lipinski definition) is 4. The molecule has 5 nitrogen and oxygen atoms in total. The van der Waals surface area contributed by atoms with Crippen molar-refractivity contribution >= 4 is 15.7 Å². The minimum atomic E-state index is -3.21. The lowest BCUT2D eigenvalue weighted by Gasteiger charge is -2.22. The Balaban J connectivity index is 2.46. The predicted molar refractivity (Wildman–Crippen MR) is 67.5 cm³/mol. The smallest absolute Gasteiger partial charge is 0.238 e. The molecule has 2 unspecified atom stereocenters. The van der Waals surface area contributed by atoms with E-state index in [1.54, 1.807) is 0 Å². The molecule has 1 amide bonds. The summed E-state index contributed by atoms with van der Waals surface area (Å²) in [6.07, 6.45) is 1.97. The van der Waals surface area contributed by atoms with Crippen LogP contribution in [0.5, 0.6) is 0 Å². The van der Waals surface area contributed by atoms with Crippen LogP contribution in [0, 0.1) is 5.92 Å². The average molecular weight is 262 g/mol. The lowest BCUT2D eigenvalue weighted by molar-refractivity contribution is -0.121. The largest absolute Gasteiger partial charge is 0.355 e. The molecule has 1 rings (SSSR count). The van der Waals surface area contributed by atoms with Crippen molar-refractivity contribution in [2.45, 2.75) is 31.4 Å². The number of nitrogens with one attached hydrogen (secondary N) is 2. The zero-order chi connectivity index (χ0) is 12.9. The van der Waals surface area contributed by atoms with Crippen molar-refractivity contribution in [1.29, 1.82) is 0 Å². The standard InChI is InChI=1S/C11H22N2O3S/c1-9(7-12-2)8-13-11(14)10-5-3-4-6-17(10,15)16/h9-10,12H,3-8H2,1-2H3,(H,13,14). The van der Waals surface area contributed by atoms with Gasteiger partial charge in [0.1, 0.15) is 5.25 Å². The molecule has 1 fully saturated rings. The lowest BCUT2D eigenvalue weighted by Crippen LogP contribution is -2.44. The Morgan fingerprint density at radius 2 is 2.06 bits per heavy atom. The molecule has 17 heavy (non-hydrogen) atoms. The highest BCUT2D eigenvalue weighted by atomic mass is 32.2. The van der Waals surface area contributed by atoms with Gasteiger partial charge in [-0.3, -0.25) is 4.79 Å². The first kappa shape index (κ1) is 14.4. The van der Waals surface area contributed by atoms with E-state index in [9.17, 15) is 13.2 Å². The van der Waals surface area contributed by atoms with Crippen LogP contribution in [0.15, 0.2) is 0 Å². The Morgan fingerprint density at radius 1 is 1.35 bits per heavy atom. The molecule has 6 heteroatoms. The molecule has 0 aromatic carbocycles. The number of carbonyl (C=O) groups excluding carboxylic acids is 1. The summed E-state index contributed by atoms with van der Waals surface area (Å²) in [4.78, 5) is 11.8. The second-order valence-electron chi connectivity index (χ2n) is 4.76. The summed E-state index contributed by atoms with van der Waals surface area (Å²) in [5.41, 5.74) is 0. The van der Waals surface area contributed by atoms with Gasteiger partial charge in [0.2, 0.25) is 5.91 Å². The van der Waals surface area contributed by atoms with Crippen molar-refractivity contribution in [3.8, 4) is 0 Å². The van der Waals surface area contributed by atoms with Crippen molar-refractivity contribution < 1.29 is 13.2 Å². The lowest BCUT2D eigenvalue weighted by atomic mass is 10.1. The third kappa shape index (κ3) is 4.27. The van der Waals surface area contributed by atoms with Gasteiger partial charge in [-0.15, -0.1) is 0 Å². The molecule has 1 saturated heterocycles. The SMILES string of the molecule is CNCC(C)CNC(=O)C1CCCCS1(=O)=O. The van der Waals surface area contributed by atoms with Crippen molar-refractivity contribution in [2.24, 2.45) is 5.92 Å². The fourth-order valence-corrected chi connectivity index (χ4v) is 3.88. The molecule has 0 radical (unpaired) electrons. The molecule has 1 aliphatic rings. The monoisotopic (exact) mass is 262 g/mol. The number of sulfone groups is 1. The molecule has 0 saturated carbocycles. The summed E-state index contributed by atoms with van der Waals surface area (Å²) >= 11 is 0. The maximum atomic E-state index is 11.8. The van der Waals surface area contributed by atoms with Gasteiger partial charge < -0.3 is 10.6 Å².